The van der Waals surface area contributed by atoms with Crippen molar-refractivity contribution in [3.63, 3.8) is 0 Å². The van der Waals surface area contributed by atoms with Crippen molar-refractivity contribution in [2.75, 3.05) is 0 Å². The van der Waals surface area contributed by atoms with Gasteiger partial charge in [-0.1, -0.05) is 70.0 Å². The lowest BCUT2D eigenvalue weighted by atomic mass is 10.2. The third-order valence-corrected chi connectivity index (χ3v) is 5.74. The van der Waals surface area contributed by atoms with Crippen LogP contribution in [-0.4, -0.2) is 18.1 Å². The van der Waals surface area contributed by atoms with Crippen molar-refractivity contribution in [1.82, 2.24) is 5.43 Å². The van der Waals surface area contributed by atoms with Gasteiger partial charge in [-0.3, -0.25) is 4.79 Å². The second kappa shape index (κ2) is 12.2. The summed E-state index contributed by atoms with van der Waals surface area (Å²) < 4.78 is 12.1. The van der Waals surface area contributed by atoms with Gasteiger partial charge in [0.25, 0.3) is 5.91 Å². The quantitative estimate of drug-likeness (QED) is 0.112. The first kappa shape index (κ1) is 25.2. The summed E-state index contributed by atoms with van der Waals surface area (Å²) in [5.74, 6) is -0.226. The number of para-hydroxylation sites is 1. The number of nitrogens with zero attached hydrogens (tertiary/aromatic N) is 1. The highest BCUT2D eigenvalue weighted by Gasteiger charge is 2.13. The second-order valence-electron chi connectivity index (χ2n) is 7.55. The molecule has 6 nitrogen and oxygen atoms in total. The molecule has 0 atom stereocenters. The van der Waals surface area contributed by atoms with E-state index in [9.17, 15) is 9.59 Å². The number of ether oxygens (including phenoxy) is 2. The van der Waals surface area contributed by atoms with Crippen LogP contribution in [0.1, 0.15) is 31.8 Å². The zero-order valence-electron chi connectivity index (χ0n) is 18.9. The van der Waals surface area contributed by atoms with Gasteiger partial charge in [-0.15, -0.1) is 0 Å². The zero-order chi connectivity index (χ0) is 25.3. The molecular formula is C28H20BrClN2O4. The van der Waals surface area contributed by atoms with E-state index in [2.05, 4.69) is 26.5 Å². The third kappa shape index (κ3) is 6.81. The van der Waals surface area contributed by atoms with Gasteiger partial charge in [0, 0.05) is 15.1 Å². The van der Waals surface area contributed by atoms with E-state index in [1.54, 1.807) is 78.9 Å². The van der Waals surface area contributed by atoms with Crippen LogP contribution in [0.5, 0.6) is 11.5 Å². The Morgan fingerprint density at radius 2 is 1.61 bits per heavy atom. The van der Waals surface area contributed by atoms with Crippen molar-refractivity contribution in [3.05, 3.63) is 129 Å². The highest BCUT2D eigenvalue weighted by molar-refractivity contribution is 9.10. The van der Waals surface area contributed by atoms with Crippen LogP contribution >= 0.6 is 27.5 Å². The average Bonchev–Trinajstić information content (AvgIpc) is 2.90. The largest absolute Gasteiger partial charge is 0.488 e. The van der Waals surface area contributed by atoms with Gasteiger partial charge in [-0.2, -0.15) is 5.10 Å². The fraction of sp³-hybridized carbons (Fsp3) is 0.0357. The van der Waals surface area contributed by atoms with Gasteiger partial charge in [0.2, 0.25) is 0 Å². The number of hydrazone groups is 1. The van der Waals surface area contributed by atoms with Crippen molar-refractivity contribution >= 4 is 45.6 Å². The molecule has 8 heteroatoms. The summed E-state index contributed by atoms with van der Waals surface area (Å²) in [6.07, 6.45) is 1.41. The van der Waals surface area contributed by atoms with E-state index < -0.39 is 11.9 Å². The molecule has 1 amide bonds. The summed E-state index contributed by atoms with van der Waals surface area (Å²) >= 11 is 9.33. The fourth-order valence-corrected chi connectivity index (χ4v) is 3.69. The number of halogens is 2. The van der Waals surface area contributed by atoms with Crippen LogP contribution in [0.25, 0.3) is 0 Å². The number of amides is 1. The number of hydrogen-bond acceptors (Lipinski definition) is 5. The minimum Gasteiger partial charge on any atom is -0.488 e. The van der Waals surface area contributed by atoms with Gasteiger partial charge in [0.1, 0.15) is 18.1 Å². The smallest absolute Gasteiger partial charge is 0.343 e. The maximum absolute atomic E-state index is 12.8. The van der Waals surface area contributed by atoms with Crippen molar-refractivity contribution in [3.8, 4) is 11.5 Å². The highest BCUT2D eigenvalue weighted by atomic mass is 79.9. The van der Waals surface area contributed by atoms with Crippen molar-refractivity contribution < 1.29 is 19.1 Å². The molecule has 0 aliphatic rings. The molecule has 1 N–H and O–H groups in total. The number of carbonyl (C=O) groups is 2. The highest BCUT2D eigenvalue weighted by Crippen LogP contribution is 2.23. The van der Waals surface area contributed by atoms with Crippen LogP contribution in [0.4, 0.5) is 0 Å². The number of benzene rings is 4. The molecule has 0 radical (unpaired) electrons. The molecule has 4 aromatic rings. The molecule has 180 valence electrons. The summed E-state index contributed by atoms with van der Waals surface area (Å²) in [4.78, 5) is 25.3. The molecule has 0 heterocycles. The number of carbonyl (C=O) groups excluding carboxylic acids is 2. The van der Waals surface area contributed by atoms with Crippen LogP contribution in [0.2, 0.25) is 5.02 Å². The second-order valence-corrected chi connectivity index (χ2v) is 8.90. The SMILES string of the molecule is O=C(Oc1ccc(Br)cc1/C=N/NC(=O)c1ccccc1OCc1ccc(Cl)cc1)c1ccccc1. The van der Waals surface area contributed by atoms with Gasteiger partial charge in [0.15, 0.2) is 0 Å². The number of esters is 1. The normalized spacial score (nSPS) is 10.7. The number of hydrogen-bond donors (Lipinski definition) is 1. The first-order valence-electron chi connectivity index (χ1n) is 10.9. The van der Waals surface area contributed by atoms with Crippen molar-refractivity contribution in [2.45, 2.75) is 6.61 Å². The molecule has 0 aliphatic carbocycles. The lowest BCUT2D eigenvalue weighted by molar-refractivity contribution is 0.0734. The number of rotatable bonds is 8. The maximum atomic E-state index is 12.8. The predicted octanol–water partition coefficient (Wildman–Crippen LogP) is 6.66. The summed E-state index contributed by atoms with van der Waals surface area (Å²) in [6.45, 7) is 0.277. The Morgan fingerprint density at radius 1 is 0.889 bits per heavy atom. The minimum absolute atomic E-state index is 0.277. The third-order valence-electron chi connectivity index (χ3n) is 4.99. The van der Waals surface area contributed by atoms with E-state index in [1.807, 2.05) is 18.2 Å². The Morgan fingerprint density at radius 3 is 2.39 bits per heavy atom. The summed E-state index contributed by atoms with van der Waals surface area (Å²) in [6, 6.07) is 27.9. The van der Waals surface area contributed by atoms with Gasteiger partial charge >= 0.3 is 5.97 Å². The van der Waals surface area contributed by atoms with Gasteiger partial charge < -0.3 is 9.47 Å². The van der Waals surface area contributed by atoms with E-state index in [4.69, 9.17) is 21.1 Å². The Labute approximate surface area is 221 Å². The molecule has 0 saturated heterocycles. The fourth-order valence-electron chi connectivity index (χ4n) is 3.19. The standard InChI is InChI=1S/C28H20BrClN2O4/c29-22-12-15-25(36-28(34)20-6-2-1-3-7-20)21(16-22)17-31-32-27(33)24-8-4-5-9-26(24)35-18-19-10-13-23(30)14-11-19/h1-17H,18H2,(H,32,33)/b31-17+. The van der Waals surface area contributed by atoms with Crippen molar-refractivity contribution in [1.29, 1.82) is 0 Å². The molecule has 0 unspecified atom stereocenters. The monoisotopic (exact) mass is 562 g/mol. The molecule has 0 aromatic heterocycles. The minimum atomic E-state index is -0.497. The average molecular weight is 564 g/mol. The number of nitrogens with one attached hydrogen (secondary N) is 1. The molecular weight excluding hydrogens is 544 g/mol. The molecule has 4 aromatic carbocycles. The Bertz CT molecular complexity index is 1390. The molecule has 4 rings (SSSR count). The molecule has 0 fully saturated rings. The first-order chi connectivity index (χ1) is 17.5. The van der Waals surface area contributed by atoms with Gasteiger partial charge in [-0.25, -0.2) is 10.2 Å². The van der Waals surface area contributed by atoms with E-state index in [0.29, 0.717) is 33.2 Å². The van der Waals surface area contributed by atoms with E-state index in [1.165, 1.54) is 6.21 Å². The Balaban J connectivity index is 1.44. The van der Waals surface area contributed by atoms with Crippen molar-refractivity contribution in [2.24, 2.45) is 5.10 Å². The van der Waals surface area contributed by atoms with E-state index >= 15 is 0 Å². The summed E-state index contributed by atoms with van der Waals surface area (Å²) in [5, 5.41) is 4.70. The Kier molecular flexibility index (Phi) is 8.49. The zero-order valence-corrected chi connectivity index (χ0v) is 21.2. The van der Waals surface area contributed by atoms with Crippen LogP contribution in [-0.2, 0) is 6.61 Å². The molecule has 0 aliphatic heterocycles. The van der Waals surface area contributed by atoms with Crippen LogP contribution in [0.3, 0.4) is 0 Å². The van der Waals surface area contributed by atoms with E-state index in [0.717, 1.165) is 10.0 Å². The Hall–Kier alpha value is -3.94. The van der Waals surface area contributed by atoms with Gasteiger partial charge in [0.05, 0.1) is 17.3 Å². The van der Waals surface area contributed by atoms with Crippen LogP contribution < -0.4 is 14.9 Å². The van der Waals surface area contributed by atoms with Gasteiger partial charge in [-0.05, 0) is 60.2 Å². The topological polar surface area (TPSA) is 77.0 Å². The molecule has 0 spiro atoms. The predicted molar refractivity (Wildman–Crippen MR) is 143 cm³/mol. The molecule has 0 bridgehead atoms. The summed E-state index contributed by atoms with van der Waals surface area (Å²) in [5.41, 5.74) is 4.67. The lowest BCUT2D eigenvalue weighted by Gasteiger charge is -2.11. The van der Waals surface area contributed by atoms with Crippen LogP contribution in [0, 0.1) is 0 Å². The van der Waals surface area contributed by atoms with E-state index in [-0.39, 0.29) is 6.61 Å². The first-order valence-corrected chi connectivity index (χ1v) is 12.0. The molecule has 0 saturated carbocycles. The van der Waals surface area contributed by atoms with Crippen LogP contribution in [0.15, 0.2) is 107 Å². The summed E-state index contributed by atoms with van der Waals surface area (Å²) in [7, 11) is 0. The maximum Gasteiger partial charge on any atom is 0.343 e. The molecule has 36 heavy (non-hydrogen) atoms. The lowest BCUT2D eigenvalue weighted by Crippen LogP contribution is -2.19.